The van der Waals surface area contributed by atoms with Gasteiger partial charge in [0, 0.05) is 11.0 Å². The van der Waals surface area contributed by atoms with E-state index in [-0.39, 0.29) is 5.91 Å². The van der Waals surface area contributed by atoms with Crippen molar-refractivity contribution in [1.82, 2.24) is 0 Å². The second-order valence-corrected chi connectivity index (χ2v) is 7.68. The molecular formula is C21H24N2O4S. The standard InChI is InChI=1S/C21H24N2O4S/c1-26-15-10-8-13(12-16(15)27-2)9-11-18(24)23-21-19(20(22)25)14-6-4-3-5-7-17(14)28-21/h8-12H,3-7H2,1-2H3,(H2,22,25)(H,23,24). The Labute approximate surface area is 168 Å². The molecule has 0 bridgehead atoms. The highest BCUT2D eigenvalue weighted by Crippen LogP contribution is 2.37. The first-order chi connectivity index (χ1) is 13.5. The van der Waals surface area contributed by atoms with Crippen molar-refractivity contribution in [3.8, 4) is 11.5 Å². The maximum Gasteiger partial charge on any atom is 0.251 e. The molecule has 1 heterocycles. The molecule has 3 rings (SSSR count). The monoisotopic (exact) mass is 400 g/mol. The zero-order valence-corrected chi connectivity index (χ0v) is 16.9. The lowest BCUT2D eigenvalue weighted by Gasteiger charge is -2.07. The topological polar surface area (TPSA) is 90.6 Å². The number of primary amides is 1. The van der Waals surface area contributed by atoms with E-state index >= 15 is 0 Å². The largest absolute Gasteiger partial charge is 0.493 e. The highest BCUT2D eigenvalue weighted by Gasteiger charge is 2.23. The van der Waals surface area contributed by atoms with Crippen molar-refractivity contribution in [3.63, 3.8) is 0 Å². The molecule has 0 spiro atoms. The van der Waals surface area contributed by atoms with Crippen LogP contribution in [0.2, 0.25) is 0 Å². The first kappa shape index (κ1) is 19.9. The summed E-state index contributed by atoms with van der Waals surface area (Å²) >= 11 is 1.46. The summed E-state index contributed by atoms with van der Waals surface area (Å²) in [5.41, 5.74) is 7.88. The highest BCUT2D eigenvalue weighted by molar-refractivity contribution is 7.17. The van der Waals surface area contributed by atoms with E-state index in [1.807, 2.05) is 6.07 Å². The van der Waals surface area contributed by atoms with Crippen LogP contribution in [-0.4, -0.2) is 26.0 Å². The molecule has 28 heavy (non-hydrogen) atoms. The van der Waals surface area contributed by atoms with Crippen LogP contribution in [0, 0.1) is 0 Å². The molecule has 2 amide bonds. The number of anilines is 1. The Kier molecular flexibility index (Phi) is 6.36. The summed E-state index contributed by atoms with van der Waals surface area (Å²) in [6.45, 7) is 0. The summed E-state index contributed by atoms with van der Waals surface area (Å²) in [5.74, 6) is 0.408. The Bertz CT molecular complexity index is 917. The molecule has 0 saturated carbocycles. The van der Waals surface area contributed by atoms with E-state index in [0.717, 1.165) is 48.1 Å². The van der Waals surface area contributed by atoms with E-state index in [0.29, 0.717) is 22.1 Å². The summed E-state index contributed by atoms with van der Waals surface area (Å²) in [6.07, 6.45) is 8.15. The number of carbonyl (C=O) groups excluding carboxylic acids is 2. The summed E-state index contributed by atoms with van der Waals surface area (Å²) in [4.78, 5) is 25.6. The number of nitrogens with one attached hydrogen (secondary N) is 1. The minimum atomic E-state index is -0.487. The van der Waals surface area contributed by atoms with Crippen LogP contribution in [0.5, 0.6) is 11.5 Å². The quantitative estimate of drug-likeness (QED) is 0.570. The first-order valence-corrected chi connectivity index (χ1v) is 10.0. The van der Waals surface area contributed by atoms with Crippen LogP contribution >= 0.6 is 11.3 Å². The van der Waals surface area contributed by atoms with Crippen LogP contribution in [0.15, 0.2) is 24.3 Å². The number of hydrogen-bond donors (Lipinski definition) is 2. The molecule has 0 aliphatic heterocycles. The molecule has 0 unspecified atom stereocenters. The zero-order valence-electron chi connectivity index (χ0n) is 16.0. The van der Waals surface area contributed by atoms with E-state index in [4.69, 9.17) is 15.2 Å². The van der Waals surface area contributed by atoms with Crippen LogP contribution in [0.4, 0.5) is 5.00 Å². The lowest BCUT2D eigenvalue weighted by Crippen LogP contribution is -2.16. The molecule has 0 fully saturated rings. The molecule has 7 heteroatoms. The summed E-state index contributed by atoms with van der Waals surface area (Å²) in [7, 11) is 3.13. The van der Waals surface area contributed by atoms with E-state index in [9.17, 15) is 9.59 Å². The average molecular weight is 401 g/mol. The number of amides is 2. The van der Waals surface area contributed by atoms with Crippen molar-refractivity contribution in [2.75, 3.05) is 19.5 Å². The van der Waals surface area contributed by atoms with E-state index in [1.54, 1.807) is 32.4 Å². The fraction of sp³-hybridized carbons (Fsp3) is 0.333. The maximum atomic E-state index is 12.4. The predicted molar refractivity (Wildman–Crippen MR) is 111 cm³/mol. The fourth-order valence-electron chi connectivity index (χ4n) is 3.37. The van der Waals surface area contributed by atoms with Gasteiger partial charge >= 0.3 is 0 Å². The summed E-state index contributed by atoms with van der Waals surface area (Å²) in [5, 5.41) is 3.37. The molecule has 6 nitrogen and oxygen atoms in total. The van der Waals surface area contributed by atoms with Gasteiger partial charge in [0.1, 0.15) is 5.00 Å². The normalized spacial score (nSPS) is 13.6. The van der Waals surface area contributed by atoms with Gasteiger partial charge in [0.2, 0.25) is 5.91 Å². The smallest absolute Gasteiger partial charge is 0.251 e. The number of methoxy groups -OCH3 is 2. The van der Waals surface area contributed by atoms with Gasteiger partial charge < -0.3 is 20.5 Å². The summed E-state index contributed by atoms with van der Waals surface area (Å²) < 4.78 is 10.5. The van der Waals surface area contributed by atoms with Gasteiger partial charge in [0.15, 0.2) is 11.5 Å². The maximum absolute atomic E-state index is 12.4. The number of rotatable bonds is 6. The molecule has 1 aromatic carbocycles. The van der Waals surface area contributed by atoms with Crippen LogP contribution in [0.1, 0.15) is 45.6 Å². The van der Waals surface area contributed by atoms with E-state index < -0.39 is 5.91 Å². The Morgan fingerprint density at radius 3 is 2.57 bits per heavy atom. The fourth-order valence-corrected chi connectivity index (χ4v) is 4.67. The Morgan fingerprint density at radius 1 is 1.11 bits per heavy atom. The van der Waals surface area contributed by atoms with E-state index in [1.165, 1.54) is 17.4 Å². The zero-order chi connectivity index (χ0) is 20.1. The SMILES string of the molecule is COc1ccc(C=CC(=O)Nc2sc3c(c2C(N)=O)CCCCC3)cc1OC. The number of thiophene rings is 1. The minimum Gasteiger partial charge on any atom is -0.493 e. The third-order valence-electron chi connectivity index (χ3n) is 4.74. The second kappa shape index (κ2) is 8.93. The predicted octanol–water partition coefficient (Wildman–Crippen LogP) is 3.79. The number of hydrogen-bond acceptors (Lipinski definition) is 5. The van der Waals surface area contributed by atoms with Gasteiger partial charge in [-0.25, -0.2) is 0 Å². The summed E-state index contributed by atoms with van der Waals surface area (Å²) in [6, 6.07) is 5.38. The Morgan fingerprint density at radius 2 is 1.86 bits per heavy atom. The van der Waals surface area contributed by atoms with Crippen molar-refractivity contribution < 1.29 is 19.1 Å². The molecule has 0 atom stereocenters. The lowest BCUT2D eigenvalue weighted by molar-refractivity contribution is -0.111. The van der Waals surface area contributed by atoms with Gasteiger partial charge in [-0.3, -0.25) is 9.59 Å². The van der Waals surface area contributed by atoms with Crippen molar-refractivity contribution in [1.29, 1.82) is 0 Å². The third kappa shape index (κ3) is 4.36. The molecule has 3 N–H and O–H groups in total. The van der Waals surface area contributed by atoms with Gasteiger partial charge in [-0.1, -0.05) is 12.5 Å². The number of benzene rings is 1. The van der Waals surface area contributed by atoms with Crippen LogP contribution in [0.25, 0.3) is 6.08 Å². The number of aryl methyl sites for hydroxylation is 1. The number of nitrogens with two attached hydrogens (primary N) is 1. The molecular weight excluding hydrogens is 376 g/mol. The lowest BCUT2D eigenvalue weighted by atomic mass is 10.1. The van der Waals surface area contributed by atoms with Crippen LogP contribution in [0.3, 0.4) is 0 Å². The van der Waals surface area contributed by atoms with E-state index in [2.05, 4.69) is 5.32 Å². The van der Waals surface area contributed by atoms with Gasteiger partial charge in [-0.15, -0.1) is 11.3 Å². The van der Waals surface area contributed by atoms with Crippen molar-refractivity contribution in [2.45, 2.75) is 32.1 Å². The number of ether oxygens (including phenoxy) is 2. The van der Waals surface area contributed by atoms with Crippen molar-refractivity contribution in [3.05, 3.63) is 45.8 Å². The molecule has 0 saturated heterocycles. The van der Waals surface area contributed by atoms with Crippen molar-refractivity contribution >= 4 is 34.2 Å². The number of carbonyl (C=O) groups is 2. The third-order valence-corrected chi connectivity index (χ3v) is 5.95. The first-order valence-electron chi connectivity index (χ1n) is 9.19. The average Bonchev–Trinajstić information content (AvgIpc) is 2.86. The molecule has 1 aromatic heterocycles. The highest BCUT2D eigenvalue weighted by atomic mass is 32.1. The second-order valence-electron chi connectivity index (χ2n) is 6.57. The number of fused-ring (bicyclic) bond motifs is 1. The van der Waals surface area contributed by atoms with Crippen LogP contribution in [-0.2, 0) is 17.6 Å². The molecule has 0 radical (unpaired) electrons. The Balaban J connectivity index is 1.78. The van der Waals surface area contributed by atoms with Crippen LogP contribution < -0.4 is 20.5 Å². The van der Waals surface area contributed by atoms with Gasteiger partial charge in [0.05, 0.1) is 19.8 Å². The van der Waals surface area contributed by atoms with Gasteiger partial charge in [-0.2, -0.15) is 0 Å². The van der Waals surface area contributed by atoms with Gasteiger partial charge in [0.25, 0.3) is 5.91 Å². The molecule has 2 aromatic rings. The van der Waals surface area contributed by atoms with Crippen molar-refractivity contribution in [2.24, 2.45) is 5.73 Å². The molecule has 1 aliphatic rings. The minimum absolute atomic E-state index is 0.311. The molecule has 148 valence electrons. The molecule has 1 aliphatic carbocycles. The van der Waals surface area contributed by atoms with Gasteiger partial charge in [-0.05, 0) is 55.0 Å². The Hall–Kier alpha value is -2.80.